The Balaban J connectivity index is 2.24. The van der Waals surface area contributed by atoms with Gasteiger partial charge in [-0.2, -0.15) is 0 Å². The van der Waals surface area contributed by atoms with Crippen LogP contribution in [0.3, 0.4) is 0 Å². The van der Waals surface area contributed by atoms with Gasteiger partial charge in [0, 0.05) is 39.3 Å². The van der Waals surface area contributed by atoms with E-state index in [1.807, 2.05) is 6.92 Å². The molecular formula is C10H21NO2. The molecule has 0 aromatic heterocycles. The largest absolute Gasteiger partial charge is 0.389 e. The fourth-order valence-electron chi connectivity index (χ4n) is 1.64. The SMILES string of the molecule is COCCC(C)(O)CN1CCC1C. The molecule has 1 aliphatic heterocycles. The molecule has 0 aromatic rings. The van der Waals surface area contributed by atoms with Crippen molar-refractivity contribution in [2.45, 2.75) is 38.3 Å². The van der Waals surface area contributed by atoms with E-state index in [1.54, 1.807) is 7.11 Å². The Morgan fingerprint density at radius 2 is 2.31 bits per heavy atom. The second kappa shape index (κ2) is 4.40. The zero-order chi connectivity index (χ0) is 9.90. The molecular weight excluding hydrogens is 166 g/mol. The zero-order valence-corrected chi connectivity index (χ0v) is 8.92. The normalized spacial score (nSPS) is 28.2. The van der Waals surface area contributed by atoms with Crippen LogP contribution in [0.4, 0.5) is 0 Å². The van der Waals surface area contributed by atoms with E-state index in [0.717, 1.165) is 13.1 Å². The Hall–Kier alpha value is -0.120. The van der Waals surface area contributed by atoms with Crippen LogP contribution in [0.2, 0.25) is 0 Å². The lowest BCUT2D eigenvalue weighted by molar-refractivity contribution is -0.0375. The van der Waals surface area contributed by atoms with E-state index in [1.165, 1.54) is 6.42 Å². The molecule has 3 nitrogen and oxygen atoms in total. The summed E-state index contributed by atoms with van der Waals surface area (Å²) in [6, 6.07) is 0.647. The fourth-order valence-corrected chi connectivity index (χ4v) is 1.64. The summed E-state index contributed by atoms with van der Waals surface area (Å²) in [6.45, 7) is 6.63. The number of ether oxygens (including phenoxy) is 1. The van der Waals surface area contributed by atoms with Crippen LogP contribution < -0.4 is 0 Å². The third-order valence-electron chi connectivity index (χ3n) is 2.85. The lowest BCUT2D eigenvalue weighted by Gasteiger charge is -2.42. The van der Waals surface area contributed by atoms with Crippen molar-refractivity contribution in [2.75, 3.05) is 26.8 Å². The number of methoxy groups -OCH3 is 1. The summed E-state index contributed by atoms with van der Waals surface area (Å²) in [6.07, 6.45) is 1.98. The summed E-state index contributed by atoms with van der Waals surface area (Å²) < 4.78 is 4.96. The van der Waals surface area contributed by atoms with Crippen LogP contribution in [0.15, 0.2) is 0 Å². The molecule has 1 fully saturated rings. The maximum atomic E-state index is 9.98. The van der Waals surface area contributed by atoms with Crippen molar-refractivity contribution in [1.82, 2.24) is 4.90 Å². The van der Waals surface area contributed by atoms with Crippen LogP contribution in [-0.2, 0) is 4.74 Å². The topological polar surface area (TPSA) is 32.7 Å². The van der Waals surface area contributed by atoms with Gasteiger partial charge in [0.2, 0.25) is 0 Å². The van der Waals surface area contributed by atoms with Crippen molar-refractivity contribution >= 4 is 0 Å². The Morgan fingerprint density at radius 1 is 1.62 bits per heavy atom. The van der Waals surface area contributed by atoms with Gasteiger partial charge in [-0.25, -0.2) is 0 Å². The highest BCUT2D eigenvalue weighted by Crippen LogP contribution is 2.21. The van der Waals surface area contributed by atoms with Gasteiger partial charge in [0.1, 0.15) is 0 Å². The number of aliphatic hydroxyl groups is 1. The molecule has 0 aromatic carbocycles. The highest BCUT2D eigenvalue weighted by Gasteiger charge is 2.30. The first-order chi connectivity index (χ1) is 6.05. The van der Waals surface area contributed by atoms with Gasteiger partial charge in [-0.05, 0) is 20.3 Å². The fraction of sp³-hybridized carbons (Fsp3) is 1.00. The minimum atomic E-state index is -0.593. The maximum Gasteiger partial charge on any atom is 0.0768 e. The van der Waals surface area contributed by atoms with Gasteiger partial charge >= 0.3 is 0 Å². The van der Waals surface area contributed by atoms with Crippen LogP contribution in [-0.4, -0.2) is 48.5 Å². The molecule has 13 heavy (non-hydrogen) atoms. The van der Waals surface area contributed by atoms with Crippen LogP contribution in [0, 0.1) is 0 Å². The molecule has 1 heterocycles. The van der Waals surface area contributed by atoms with Crippen LogP contribution in [0.1, 0.15) is 26.7 Å². The van der Waals surface area contributed by atoms with Crippen molar-refractivity contribution in [1.29, 1.82) is 0 Å². The molecule has 0 amide bonds. The van der Waals surface area contributed by atoms with Gasteiger partial charge in [0.05, 0.1) is 5.60 Å². The first kappa shape index (κ1) is 11.0. The third-order valence-corrected chi connectivity index (χ3v) is 2.85. The van der Waals surface area contributed by atoms with Gasteiger partial charge in [0.15, 0.2) is 0 Å². The molecule has 0 aliphatic carbocycles. The third kappa shape index (κ3) is 3.25. The van der Waals surface area contributed by atoms with Gasteiger partial charge < -0.3 is 9.84 Å². The number of rotatable bonds is 5. The van der Waals surface area contributed by atoms with Crippen LogP contribution >= 0.6 is 0 Å². The Labute approximate surface area is 80.7 Å². The highest BCUT2D eigenvalue weighted by atomic mass is 16.5. The second-order valence-corrected chi connectivity index (χ2v) is 4.35. The van der Waals surface area contributed by atoms with E-state index in [-0.39, 0.29) is 0 Å². The van der Waals surface area contributed by atoms with Gasteiger partial charge in [-0.3, -0.25) is 4.90 Å². The Kier molecular flexibility index (Phi) is 3.71. The van der Waals surface area contributed by atoms with E-state index >= 15 is 0 Å². The molecule has 1 aliphatic rings. The van der Waals surface area contributed by atoms with E-state index < -0.39 is 5.60 Å². The number of hydrogen-bond donors (Lipinski definition) is 1. The Bertz CT molecular complexity index is 159. The minimum absolute atomic E-state index is 0.593. The predicted octanol–water partition coefficient (Wildman–Crippen LogP) is 0.868. The van der Waals surface area contributed by atoms with E-state index in [4.69, 9.17) is 4.74 Å². The van der Waals surface area contributed by atoms with E-state index in [9.17, 15) is 5.11 Å². The molecule has 0 saturated carbocycles. The van der Waals surface area contributed by atoms with E-state index in [2.05, 4.69) is 11.8 Å². The summed E-state index contributed by atoms with van der Waals surface area (Å²) in [5.74, 6) is 0. The standard InChI is InChI=1S/C10H21NO2/c1-9-4-6-11(9)8-10(2,12)5-7-13-3/h9,12H,4-8H2,1-3H3. The lowest BCUT2D eigenvalue weighted by Crippen LogP contribution is -2.52. The van der Waals surface area contributed by atoms with Gasteiger partial charge in [-0.1, -0.05) is 0 Å². The molecule has 0 radical (unpaired) electrons. The van der Waals surface area contributed by atoms with Crippen molar-refractivity contribution < 1.29 is 9.84 Å². The summed E-state index contributed by atoms with van der Waals surface area (Å²) in [5.41, 5.74) is -0.593. The average Bonchev–Trinajstić information content (AvgIpc) is 2.09. The summed E-state index contributed by atoms with van der Waals surface area (Å²) >= 11 is 0. The van der Waals surface area contributed by atoms with Gasteiger partial charge in [0.25, 0.3) is 0 Å². The number of nitrogens with zero attached hydrogens (tertiary/aromatic N) is 1. The maximum absolute atomic E-state index is 9.98. The predicted molar refractivity (Wildman–Crippen MR) is 52.8 cm³/mol. The van der Waals surface area contributed by atoms with E-state index in [0.29, 0.717) is 19.1 Å². The highest BCUT2D eigenvalue weighted by molar-refractivity contribution is 4.85. The number of likely N-dealkylation sites (tertiary alicyclic amines) is 1. The smallest absolute Gasteiger partial charge is 0.0768 e. The van der Waals surface area contributed by atoms with Gasteiger partial charge in [-0.15, -0.1) is 0 Å². The molecule has 0 bridgehead atoms. The molecule has 2 unspecified atom stereocenters. The molecule has 1 N–H and O–H groups in total. The molecule has 0 spiro atoms. The van der Waals surface area contributed by atoms with Crippen molar-refractivity contribution in [3.05, 3.63) is 0 Å². The zero-order valence-electron chi connectivity index (χ0n) is 8.92. The lowest BCUT2D eigenvalue weighted by atomic mass is 9.97. The first-order valence-electron chi connectivity index (χ1n) is 5.00. The second-order valence-electron chi connectivity index (χ2n) is 4.35. The summed E-state index contributed by atoms with van der Waals surface area (Å²) in [4.78, 5) is 2.32. The van der Waals surface area contributed by atoms with Crippen LogP contribution in [0.25, 0.3) is 0 Å². The average molecular weight is 187 g/mol. The first-order valence-corrected chi connectivity index (χ1v) is 5.00. The molecule has 1 rings (SSSR count). The summed E-state index contributed by atoms with van der Waals surface area (Å²) in [5, 5.41) is 9.98. The van der Waals surface area contributed by atoms with Crippen molar-refractivity contribution in [3.8, 4) is 0 Å². The summed E-state index contributed by atoms with van der Waals surface area (Å²) in [7, 11) is 1.67. The Morgan fingerprint density at radius 3 is 2.69 bits per heavy atom. The molecule has 1 saturated heterocycles. The van der Waals surface area contributed by atoms with Crippen molar-refractivity contribution in [2.24, 2.45) is 0 Å². The monoisotopic (exact) mass is 187 g/mol. The molecule has 78 valence electrons. The van der Waals surface area contributed by atoms with Crippen LogP contribution in [0.5, 0.6) is 0 Å². The quantitative estimate of drug-likeness (QED) is 0.693. The minimum Gasteiger partial charge on any atom is -0.389 e. The molecule has 3 heteroatoms. The number of hydrogen-bond acceptors (Lipinski definition) is 3. The van der Waals surface area contributed by atoms with Crippen molar-refractivity contribution in [3.63, 3.8) is 0 Å². The molecule has 2 atom stereocenters. The number of β-amino-alcohol motifs (C(OH)–C–C–N with tert-alkyl or cyclic N) is 1.